The minimum atomic E-state index is -4.23. The number of alkyl halides is 3. The second-order valence-electron chi connectivity index (χ2n) is 11.0. The molecule has 1 spiro atoms. The van der Waals surface area contributed by atoms with Crippen LogP contribution in [0.5, 0.6) is 0 Å². The first-order chi connectivity index (χ1) is 18.8. The number of halogens is 3. The number of rotatable bonds is 9. The van der Waals surface area contributed by atoms with Crippen LogP contribution >= 0.6 is 0 Å². The minimum Gasteiger partial charge on any atom is -0.378 e. The van der Waals surface area contributed by atoms with Crippen molar-refractivity contribution in [2.75, 3.05) is 30.8 Å². The predicted octanol–water partition coefficient (Wildman–Crippen LogP) is 3.72. The summed E-state index contributed by atoms with van der Waals surface area (Å²) in [6, 6.07) is 5.39. The van der Waals surface area contributed by atoms with Crippen LogP contribution in [0.1, 0.15) is 63.0 Å². The van der Waals surface area contributed by atoms with E-state index >= 15 is 0 Å². The molecule has 3 aliphatic rings. The number of carbonyl (C=O) groups excluding carboxylic acids is 2. The molecule has 0 radical (unpaired) electrons. The fourth-order valence-corrected chi connectivity index (χ4v) is 7.15. The molecule has 1 saturated heterocycles. The van der Waals surface area contributed by atoms with Gasteiger partial charge in [-0.15, -0.1) is 0 Å². The maximum atomic E-state index is 13.1. The van der Waals surface area contributed by atoms with E-state index in [4.69, 9.17) is 9.73 Å². The number of piperidine rings is 1. The van der Waals surface area contributed by atoms with Crippen molar-refractivity contribution in [2.45, 2.75) is 83.0 Å². The molecule has 0 atom stereocenters. The summed E-state index contributed by atoms with van der Waals surface area (Å²) in [5.74, 6) is 0.166. The highest BCUT2D eigenvalue weighted by Gasteiger charge is 2.48. The molecule has 2 N–H and O–H groups in total. The number of benzene rings is 1. The predicted molar refractivity (Wildman–Crippen MR) is 144 cm³/mol. The van der Waals surface area contributed by atoms with Gasteiger partial charge in [-0.1, -0.05) is 6.07 Å². The number of hydrogen-bond donors (Lipinski definition) is 2. The lowest BCUT2D eigenvalue weighted by Gasteiger charge is -2.34. The number of carbonyl (C=O) groups is 2. The first kappa shape index (κ1) is 30.4. The van der Waals surface area contributed by atoms with Crippen molar-refractivity contribution in [2.24, 2.45) is 10.9 Å². The third-order valence-corrected chi connectivity index (χ3v) is 9.91. The van der Waals surface area contributed by atoms with Gasteiger partial charge in [-0.3, -0.25) is 14.6 Å². The first-order valence-corrected chi connectivity index (χ1v) is 15.3. The Morgan fingerprint density at radius 2 is 1.88 bits per heavy atom. The molecule has 1 saturated carbocycles. The topological polar surface area (TPSA) is 117 Å². The van der Waals surface area contributed by atoms with Crippen LogP contribution in [-0.4, -0.2) is 73.6 Å². The molecule has 2 aliphatic heterocycles. The Hall–Kier alpha value is -2.51. The van der Waals surface area contributed by atoms with Crippen LogP contribution in [0, 0.1) is 12.8 Å². The van der Waals surface area contributed by atoms with Crippen molar-refractivity contribution in [3.05, 3.63) is 29.3 Å². The molecule has 9 nitrogen and oxygen atoms in total. The summed E-state index contributed by atoms with van der Waals surface area (Å²) in [7, 11) is -3.55. The van der Waals surface area contributed by atoms with Crippen LogP contribution in [-0.2, 0) is 30.8 Å². The zero-order valence-electron chi connectivity index (χ0n) is 22.8. The van der Waals surface area contributed by atoms with Gasteiger partial charge in [0, 0.05) is 31.6 Å². The molecule has 40 heavy (non-hydrogen) atoms. The number of aliphatic imine (C=N–C) groups is 1. The Labute approximate surface area is 233 Å². The van der Waals surface area contributed by atoms with Crippen molar-refractivity contribution in [1.82, 2.24) is 9.62 Å². The number of aryl methyl sites for hydroxylation is 2. The first-order valence-electron chi connectivity index (χ1n) is 13.7. The zero-order valence-corrected chi connectivity index (χ0v) is 23.7. The molecule has 1 aromatic carbocycles. The second kappa shape index (κ2) is 12.2. The van der Waals surface area contributed by atoms with Crippen molar-refractivity contribution < 1.29 is 35.9 Å². The van der Waals surface area contributed by atoms with E-state index < -0.39 is 28.2 Å². The second-order valence-corrected chi connectivity index (χ2v) is 13.1. The van der Waals surface area contributed by atoms with Crippen LogP contribution in [0.4, 0.5) is 18.9 Å². The number of nitrogens with zero attached hydrogens (tertiary/aromatic N) is 2. The van der Waals surface area contributed by atoms with Gasteiger partial charge in [-0.2, -0.15) is 13.2 Å². The van der Waals surface area contributed by atoms with Gasteiger partial charge in [0.15, 0.2) is 0 Å². The SMILES string of the molecule is CC(=O)Nc1ccc(CCS(=O)(=O)N2CCC3(CC2)N=C(C2CCC(OCCC(F)(F)F)CC2)NC3=O)c(C)c1. The smallest absolute Gasteiger partial charge is 0.378 e. The fraction of sp³-hybridized carbons (Fsp3) is 0.667. The molecule has 1 aromatic rings. The number of nitrogens with one attached hydrogen (secondary N) is 2. The van der Waals surface area contributed by atoms with Gasteiger partial charge in [-0.25, -0.2) is 12.7 Å². The maximum Gasteiger partial charge on any atom is 0.391 e. The van der Waals surface area contributed by atoms with E-state index in [-0.39, 0.29) is 49.3 Å². The normalized spacial score (nSPS) is 23.6. The van der Waals surface area contributed by atoms with Crippen LogP contribution in [0.15, 0.2) is 23.2 Å². The van der Waals surface area contributed by atoms with Gasteiger partial charge in [0.2, 0.25) is 15.9 Å². The highest BCUT2D eigenvalue weighted by Crippen LogP contribution is 2.35. The molecule has 2 amide bonds. The van der Waals surface area contributed by atoms with E-state index in [1.54, 1.807) is 6.07 Å². The number of anilines is 1. The zero-order chi connectivity index (χ0) is 29.1. The molecule has 0 aromatic heterocycles. The molecule has 1 aliphatic carbocycles. The quantitative estimate of drug-likeness (QED) is 0.458. The molecule has 13 heteroatoms. The lowest BCUT2D eigenvalue weighted by Crippen LogP contribution is -2.51. The number of hydrogen-bond acceptors (Lipinski definition) is 6. The molecule has 222 valence electrons. The average molecular weight is 587 g/mol. The summed E-state index contributed by atoms with van der Waals surface area (Å²) in [4.78, 5) is 29.0. The summed E-state index contributed by atoms with van der Waals surface area (Å²) in [5, 5.41) is 5.63. The summed E-state index contributed by atoms with van der Waals surface area (Å²) in [6.45, 7) is 3.36. The Morgan fingerprint density at radius 1 is 1.20 bits per heavy atom. The van der Waals surface area contributed by atoms with E-state index in [1.807, 2.05) is 19.1 Å². The van der Waals surface area contributed by atoms with E-state index in [1.165, 1.54) is 11.2 Å². The van der Waals surface area contributed by atoms with Gasteiger partial charge in [0.05, 0.1) is 24.9 Å². The highest BCUT2D eigenvalue weighted by molar-refractivity contribution is 7.89. The largest absolute Gasteiger partial charge is 0.391 e. The van der Waals surface area contributed by atoms with Crippen LogP contribution in [0.3, 0.4) is 0 Å². The van der Waals surface area contributed by atoms with Crippen LogP contribution in [0.2, 0.25) is 0 Å². The molecule has 2 fully saturated rings. The Bertz CT molecular complexity index is 1240. The van der Waals surface area contributed by atoms with Gasteiger partial charge in [0.1, 0.15) is 11.4 Å². The van der Waals surface area contributed by atoms with Gasteiger partial charge in [0.25, 0.3) is 5.91 Å². The average Bonchev–Trinajstić information content (AvgIpc) is 3.18. The van der Waals surface area contributed by atoms with Crippen LogP contribution in [0.25, 0.3) is 0 Å². The number of amides is 2. The number of amidine groups is 1. The van der Waals surface area contributed by atoms with Crippen LogP contribution < -0.4 is 10.6 Å². The molecular weight excluding hydrogens is 549 g/mol. The Balaban J connectivity index is 1.28. The molecule has 0 unspecified atom stereocenters. The Kier molecular flexibility index (Phi) is 9.25. The highest BCUT2D eigenvalue weighted by atomic mass is 32.2. The van der Waals surface area contributed by atoms with E-state index in [2.05, 4.69) is 10.6 Å². The molecular formula is C27H37F3N4O5S. The maximum absolute atomic E-state index is 13.1. The lowest BCUT2D eigenvalue weighted by molar-refractivity contribution is -0.150. The molecule has 4 rings (SSSR count). The van der Waals surface area contributed by atoms with E-state index in [9.17, 15) is 31.2 Å². The summed E-state index contributed by atoms with van der Waals surface area (Å²) in [5.41, 5.74) is 1.47. The summed E-state index contributed by atoms with van der Waals surface area (Å²) < 4.78 is 70.1. The lowest BCUT2D eigenvalue weighted by atomic mass is 9.86. The minimum absolute atomic E-state index is 0.00725. The third kappa shape index (κ3) is 7.61. The standard InChI is InChI=1S/C27H37F3N4O5S/c1-18-17-22(31-19(2)35)6-3-20(18)9-16-40(37,38)34-13-10-26(11-14-34)25(36)32-24(33-26)21-4-7-23(8-5-21)39-15-12-27(28,29)30/h3,6,17,21,23H,4-5,7-16H2,1-2H3,(H,31,35)(H,32,33,36). The summed E-state index contributed by atoms with van der Waals surface area (Å²) in [6.07, 6.45) is -1.96. The van der Waals surface area contributed by atoms with E-state index in [0.29, 0.717) is 56.5 Å². The molecule has 0 bridgehead atoms. The van der Waals surface area contributed by atoms with Gasteiger partial charge >= 0.3 is 6.18 Å². The Morgan fingerprint density at radius 3 is 2.48 bits per heavy atom. The number of sulfonamides is 1. The van der Waals surface area contributed by atoms with Crippen molar-refractivity contribution in [1.29, 1.82) is 0 Å². The van der Waals surface area contributed by atoms with Crippen molar-refractivity contribution in [3.8, 4) is 0 Å². The molecule has 2 heterocycles. The third-order valence-electron chi connectivity index (χ3n) is 8.03. The van der Waals surface area contributed by atoms with Crippen molar-refractivity contribution in [3.63, 3.8) is 0 Å². The van der Waals surface area contributed by atoms with Gasteiger partial charge < -0.3 is 15.4 Å². The fourth-order valence-electron chi connectivity index (χ4n) is 5.68. The van der Waals surface area contributed by atoms with Gasteiger partial charge in [-0.05, 0) is 75.1 Å². The van der Waals surface area contributed by atoms with Crippen molar-refractivity contribution >= 4 is 33.4 Å². The monoisotopic (exact) mass is 586 g/mol. The van der Waals surface area contributed by atoms with E-state index in [0.717, 1.165) is 11.1 Å². The summed E-state index contributed by atoms with van der Waals surface area (Å²) >= 11 is 0. The number of ether oxygens (including phenoxy) is 1.